The van der Waals surface area contributed by atoms with E-state index in [-0.39, 0.29) is 12.8 Å². The molecular weight excluding hydrogens is 244 g/mol. The van der Waals surface area contributed by atoms with Crippen LogP contribution in [0.4, 0.5) is 0 Å². The molecular formula is C9H16N4O5. The van der Waals surface area contributed by atoms with E-state index in [4.69, 9.17) is 22.3 Å². The molecule has 0 aromatic heterocycles. The van der Waals surface area contributed by atoms with Gasteiger partial charge < -0.3 is 27.6 Å². The van der Waals surface area contributed by atoms with E-state index in [1.807, 2.05) is 0 Å². The van der Waals surface area contributed by atoms with Gasteiger partial charge >= 0.3 is 5.97 Å². The van der Waals surface area contributed by atoms with Crippen LogP contribution in [0.25, 0.3) is 0 Å². The Bertz CT molecular complexity index is 357. The molecule has 0 saturated heterocycles. The van der Waals surface area contributed by atoms with Crippen LogP contribution in [0.1, 0.15) is 19.3 Å². The minimum atomic E-state index is -1.32. The minimum Gasteiger partial charge on any atom is -0.480 e. The molecule has 0 aliphatic heterocycles. The predicted octanol–water partition coefficient (Wildman–Crippen LogP) is -2.98. The lowest BCUT2D eigenvalue weighted by atomic mass is 10.1. The second kappa shape index (κ2) is 7.22. The van der Waals surface area contributed by atoms with Crippen LogP contribution in [-0.2, 0) is 19.2 Å². The first-order valence-electron chi connectivity index (χ1n) is 5.09. The number of rotatable bonds is 8. The molecule has 0 fully saturated rings. The topological polar surface area (TPSA) is 179 Å². The second-order valence-corrected chi connectivity index (χ2v) is 3.68. The van der Waals surface area contributed by atoms with Crippen molar-refractivity contribution < 1.29 is 24.3 Å². The van der Waals surface area contributed by atoms with Crippen LogP contribution in [0.3, 0.4) is 0 Å². The summed E-state index contributed by atoms with van der Waals surface area (Å²) in [5.74, 6) is -3.61. The number of amides is 3. The van der Waals surface area contributed by atoms with Crippen LogP contribution < -0.4 is 22.5 Å². The van der Waals surface area contributed by atoms with E-state index in [1.54, 1.807) is 0 Å². The number of hydrogen-bond acceptors (Lipinski definition) is 5. The highest BCUT2D eigenvalue weighted by Crippen LogP contribution is 1.99. The number of aliphatic carboxylic acids is 1. The van der Waals surface area contributed by atoms with Gasteiger partial charge in [0.1, 0.15) is 6.04 Å². The number of carboxylic acid groups (broad SMARTS) is 1. The van der Waals surface area contributed by atoms with Gasteiger partial charge in [-0.1, -0.05) is 0 Å². The first-order chi connectivity index (χ1) is 8.23. The summed E-state index contributed by atoms with van der Waals surface area (Å²) in [5.41, 5.74) is 15.0. The molecule has 0 spiro atoms. The third-order valence-electron chi connectivity index (χ3n) is 2.05. The van der Waals surface area contributed by atoms with E-state index in [2.05, 4.69) is 5.32 Å². The highest BCUT2D eigenvalue weighted by Gasteiger charge is 2.24. The van der Waals surface area contributed by atoms with Crippen LogP contribution in [0.2, 0.25) is 0 Å². The van der Waals surface area contributed by atoms with Gasteiger partial charge in [-0.15, -0.1) is 0 Å². The predicted molar refractivity (Wildman–Crippen MR) is 59.8 cm³/mol. The normalized spacial score (nSPS) is 13.4. The van der Waals surface area contributed by atoms with Gasteiger partial charge in [-0.2, -0.15) is 0 Å². The average Bonchev–Trinajstić information content (AvgIpc) is 2.21. The molecule has 0 bridgehead atoms. The maximum absolute atomic E-state index is 11.4. The third kappa shape index (κ3) is 6.43. The largest absolute Gasteiger partial charge is 0.480 e. The summed E-state index contributed by atoms with van der Waals surface area (Å²) in [6.07, 6.45) is -0.740. The Hall–Kier alpha value is -2.16. The SMILES string of the molecule is NC(=O)CC[C@H](NC(=O)C(N)CC(N)=O)C(=O)O. The zero-order valence-corrected chi connectivity index (χ0v) is 9.59. The molecule has 9 nitrogen and oxygen atoms in total. The molecule has 8 N–H and O–H groups in total. The van der Waals surface area contributed by atoms with Crippen molar-refractivity contribution in [3.8, 4) is 0 Å². The summed E-state index contributed by atoms with van der Waals surface area (Å²) in [5, 5.41) is 10.9. The molecule has 0 aromatic rings. The fourth-order valence-electron chi connectivity index (χ4n) is 1.13. The summed E-state index contributed by atoms with van der Waals surface area (Å²) >= 11 is 0. The maximum atomic E-state index is 11.4. The molecule has 0 aliphatic carbocycles. The number of primary amides is 2. The molecule has 3 amide bonds. The third-order valence-corrected chi connectivity index (χ3v) is 2.05. The van der Waals surface area contributed by atoms with Gasteiger partial charge in [0.25, 0.3) is 0 Å². The molecule has 0 aliphatic rings. The minimum absolute atomic E-state index is 0.153. The zero-order chi connectivity index (χ0) is 14.3. The van der Waals surface area contributed by atoms with Gasteiger partial charge in [0, 0.05) is 6.42 Å². The van der Waals surface area contributed by atoms with E-state index < -0.39 is 42.2 Å². The van der Waals surface area contributed by atoms with Crippen LogP contribution in [0.5, 0.6) is 0 Å². The van der Waals surface area contributed by atoms with Crippen molar-refractivity contribution in [2.24, 2.45) is 17.2 Å². The lowest BCUT2D eigenvalue weighted by molar-refractivity contribution is -0.142. The Balaban J connectivity index is 4.40. The van der Waals surface area contributed by atoms with Gasteiger partial charge in [-0.25, -0.2) is 4.79 Å². The number of carboxylic acids is 1. The van der Waals surface area contributed by atoms with Crippen molar-refractivity contribution in [3.05, 3.63) is 0 Å². The first kappa shape index (κ1) is 15.8. The molecule has 0 saturated carbocycles. The van der Waals surface area contributed by atoms with Crippen LogP contribution >= 0.6 is 0 Å². The van der Waals surface area contributed by atoms with Crippen LogP contribution in [0.15, 0.2) is 0 Å². The van der Waals surface area contributed by atoms with Crippen molar-refractivity contribution in [3.63, 3.8) is 0 Å². The summed E-state index contributed by atoms with van der Waals surface area (Å²) in [4.78, 5) is 43.3. The Morgan fingerprint density at radius 3 is 2.06 bits per heavy atom. The molecule has 9 heteroatoms. The number of carbonyl (C=O) groups is 4. The van der Waals surface area contributed by atoms with Crippen molar-refractivity contribution >= 4 is 23.7 Å². The fraction of sp³-hybridized carbons (Fsp3) is 0.556. The van der Waals surface area contributed by atoms with Gasteiger partial charge in [0.05, 0.1) is 12.5 Å². The first-order valence-corrected chi connectivity index (χ1v) is 5.09. The van der Waals surface area contributed by atoms with E-state index in [0.717, 1.165) is 0 Å². The molecule has 102 valence electrons. The van der Waals surface area contributed by atoms with Crippen molar-refractivity contribution in [1.29, 1.82) is 0 Å². The van der Waals surface area contributed by atoms with E-state index in [9.17, 15) is 19.2 Å². The lowest BCUT2D eigenvalue weighted by Gasteiger charge is -2.16. The molecule has 0 rings (SSSR count). The standard InChI is InChI=1S/C9H16N4O5/c10-4(3-7(12)15)8(16)13-5(9(17)18)1-2-6(11)14/h4-5H,1-3,10H2,(H2,11,14)(H2,12,15)(H,13,16)(H,17,18)/t4?,5-/m0/s1. The Kier molecular flexibility index (Phi) is 6.35. The second-order valence-electron chi connectivity index (χ2n) is 3.68. The number of hydrogen-bond donors (Lipinski definition) is 5. The van der Waals surface area contributed by atoms with Gasteiger partial charge in [-0.3, -0.25) is 14.4 Å². The van der Waals surface area contributed by atoms with Crippen molar-refractivity contribution in [2.45, 2.75) is 31.3 Å². The van der Waals surface area contributed by atoms with E-state index >= 15 is 0 Å². The average molecular weight is 260 g/mol. The highest BCUT2D eigenvalue weighted by atomic mass is 16.4. The van der Waals surface area contributed by atoms with Crippen LogP contribution in [0, 0.1) is 0 Å². The van der Waals surface area contributed by atoms with Crippen molar-refractivity contribution in [2.75, 3.05) is 0 Å². The maximum Gasteiger partial charge on any atom is 0.326 e. The van der Waals surface area contributed by atoms with Gasteiger partial charge in [-0.05, 0) is 6.42 Å². The summed E-state index contributed by atoms with van der Waals surface area (Å²) in [6.45, 7) is 0. The van der Waals surface area contributed by atoms with Gasteiger partial charge in [0.2, 0.25) is 17.7 Å². The summed E-state index contributed by atoms with van der Waals surface area (Å²) in [7, 11) is 0. The number of nitrogens with one attached hydrogen (secondary N) is 1. The molecule has 2 atom stereocenters. The molecule has 0 radical (unpaired) electrons. The molecule has 0 aromatic carbocycles. The van der Waals surface area contributed by atoms with E-state index in [1.165, 1.54) is 0 Å². The van der Waals surface area contributed by atoms with E-state index in [0.29, 0.717) is 0 Å². The Labute approximate surface area is 103 Å². The van der Waals surface area contributed by atoms with Crippen LogP contribution in [-0.4, -0.2) is 40.9 Å². The fourth-order valence-corrected chi connectivity index (χ4v) is 1.13. The molecule has 18 heavy (non-hydrogen) atoms. The smallest absolute Gasteiger partial charge is 0.326 e. The Morgan fingerprint density at radius 1 is 1.11 bits per heavy atom. The molecule has 1 unspecified atom stereocenters. The Morgan fingerprint density at radius 2 is 1.67 bits per heavy atom. The van der Waals surface area contributed by atoms with Crippen molar-refractivity contribution in [1.82, 2.24) is 5.32 Å². The zero-order valence-electron chi connectivity index (χ0n) is 9.59. The lowest BCUT2D eigenvalue weighted by Crippen LogP contribution is -2.49. The summed E-state index contributed by atoms with van der Waals surface area (Å²) < 4.78 is 0. The number of nitrogens with two attached hydrogens (primary N) is 3. The summed E-state index contributed by atoms with van der Waals surface area (Å²) in [6, 6.07) is -2.51. The van der Waals surface area contributed by atoms with Gasteiger partial charge in [0.15, 0.2) is 0 Å². The highest BCUT2D eigenvalue weighted by molar-refractivity contribution is 5.90. The molecule has 0 heterocycles. The monoisotopic (exact) mass is 260 g/mol. The number of carbonyl (C=O) groups excluding carboxylic acids is 3. The quantitative estimate of drug-likeness (QED) is 0.310.